The summed E-state index contributed by atoms with van der Waals surface area (Å²) in [6.45, 7) is 0. The maximum absolute atomic E-state index is 12.9. The molecule has 1 saturated carbocycles. The Morgan fingerprint density at radius 3 is 2.56 bits per heavy atom. The number of benzene rings is 1. The van der Waals surface area contributed by atoms with Gasteiger partial charge >= 0.3 is 6.29 Å². The van der Waals surface area contributed by atoms with Gasteiger partial charge in [0.2, 0.25) is 0 Å². The number of hydrogen-bond donors (Lipinski definition) is 1. The molecule has 1 aromatic rings. The molecule has 2 N–H and O–H groups in total. The third kappa shape index (κ3) is 2.03. The predicted octanol–water partition coefficient (Wildman–Crippen LogP) is 3.20. The molecule has 2 aliphatic rings. The van der Waals surface area contributed by atoms with Crippen molar-refractivity contribution < 1.29 is 18.3 Å². The standard InChI is InChI=1S/C13H15F2NO2/c14-13(15)17-10-6-5-9(7-11(10)18-13)12(16)8-3-1-2-4-8/h5-8,12H,1-4,16H2/t12-/m1/s1. The van der Waals surface area contributed by atoms with E-state index in [0.29, 0.717) is 5.92 Å². The van der Waals surface area contributed by atoms with Gasteiger partial charge in [0.25, 0.3) is 0 Å². The lowest BCUT2D eigenvalue weighted by Crippen LogP contribution is -2.26. The second-order valence-electron chi connectivity index (χ2n) is 4.94. The summed E-state index contributed by atoms with van der Waals surface area (Å²) in [6.07, 6.45) is 1.04. The zero-order valence-electron chi connectivity index (χ0n) is 9.86. The van der Waals surface area contributed by atoms with Crippen LogP contribution >= 0.6 is 0 Å². The van der Waals surface area contributed by atoms with E-state index in [-0.39, 0.29) is 17.5 Å². The van der Waals surface area contributed by atoms with E-state index in [0.717, 1.165) is 18.4 Å². The minimum Gasteiger partial charge on any atom is -0.395 e. The quantitative estimate of drug-likeness (QED) is 0.882. The van der Waals surface area contributed by atoms with Gasteiger partial charge < -0.3 is 15.2 Å². The Morgan fingerprint density at radius 1 is 1.17 bits per heavy atom. The Balaban J connectivity index is 1.83. The first-order chi connectivity index (χ1) is 8.55. The number of hydrogen-bond acceptors (Lipinski definition) is 3. The number of halogens is 2. The van der Waals surface area contributed by atoms with Crippen LogP contribution in [0.3, 0.4) is 0 Å². The molecular formula is C13H15F2NO2. The number of nitrogens with two attached hydrogens (primary N) is 1. The molecule has 0 saturated heterocycles. The van der Waals surface area contributed by atoms with Crippen molar-refractivity contribution in [2.45, 2.75) is 38.0 Å². The largest absolute Gasteiger partial charge is 0.586 e. The molecule has 0 bridgehead atoms. The molecule has 1 atom stereocenters. The molecule has 1 aliphatic heterocycles. The van der Waals surface area contributed by atoms with E-state index in [1.807, 2.05) is 0 Å². The third-order valence-corrected chi connectivity index (χ3v) is 3.72. The van der Waals surface area contributed by atoms with E-state index in [2.05, 4.69) is 9.47 Å². The van der Waals surface area contributed by atoms with Gasteiger partial charge in [-0.05, 0) is 36.5 Å². The summed E-state index contributed by atoms with van der Waals surface area (Å²) in [5.41, 5.74) is 7.01. The summed E-state index contributed by atoms with van der Waals surface area (Å²) in [5.74, 6) is 0.583. The maximum Gasteiger partial charge on any atom is 0.586 e. The van der Waals surface area contributed by atoms with E-state index in [4.69, 9.17) is 5.73 Å². The first-order valence-corrected chi connectivity index (χ1v) is 6.20. The Hall–Kier alpha value is -1.36. The summed E-state index contributed by atoms with van der Waals surface area (Å²) in [6, 6.07) is 4.70. The Bertz CT molecular complexity index is 458. The van der Waals surface area contributed by atoms with Crippen LogP contribution in [-0.4, -0.2) is 6.29 Å². The Kier molecular flexibility index (Phi) is 2.66. The monoisotopic (exact) mass is 255 g/mol. The molecule has 1 fully saturated rings. The van der Waals surface area contributed by atoms with Crippen LogP contribution in [0.2, 0.25) is 0 Å². The van der Waals surface area contributed by atoms with Gasteiger partial charge in [-0.3, -0.25) is 0 Å². The van der Waals surface area contributed by atoms with Crippen LogP contribution in [0.15, 0.2) is 18.2 Å². The van der Waals surface area contributed by atoms with Gasteiger partial charge in [0.1, 0.15) is 0 Å². The molecule has 0 spiro atoms. The third-order valence-electron chi connectivity index (χ3n) is 3.72. The molecule has 1 heterocycles. The number of fused-ring (bicyclic) bond motifs is 1. The van der Waals surface area contributed by atoms with Crippen LogP contribution in [0.4, 0.5) is 8.78 Å². The van der Waals surface area contributed by atoms with Crippen molar-refractivity contribution in [2.24, 2.45) is 11.7 Å². The van der Waals surface area contributed by atoms with Gasteiger partial charge in [-0.2, -0.15) is 0 Å². The van der Waals surface area contributed by atoms with Crippen molar-refractivity contribution in [3.8, 4) is 11.5 Å². The molecule has 3 nitrogen and oxygen atoms in total. The summed E-state index contributed by atoms with van der Waals surface area (Å²) in [7, 11) is 0. The number of alkyl halides is 2. The van der Waals surface area contributed by atoms with Gasteiger partial charge in [0.05, 0.1) is 0 Å². The minimum absolute atomic E-state index is 0.0716. The molecule has 0 unspecified atom stereocenters. The second kappa shape index (κ2) is 4.09. The van der Waals surface area contributed by atoms with E-state index in [1.165, 1.54) is 18.9 Å². The average Bonchev–Trinajstić information content (AvgIpc) is 2.91. The molecule has 0 radical (unpaired) electrons. The maximum atomic E-state index is 12.9. The fourth-order valence-electron chi connectivity index (χ4n) is 2.76. The highest BCUT2D eigenvalue weighted by atomic mass is 19.3. The summed E-state index contributed by atoms with van der Waals surface area (Å²) < 4.78 is 34.6. The van der Waals surface area contributed by atoms with E-state index >= 15 is 0 Å². The highest BCUT2D eigenvalue weighted by molar-refractivity contribution is 5.46. The molecule has 1 aliphatic carbocycles. The van der Waals surface area contributed by atoms with Crippen LogP contribution < -0.4 is 15.2 Å². The zero-order chi connectivity index (χ0) is 12.8. The van der Waals surface area contributed by atoms with Crippen molar-refractivity contribution in [3.63, 3.8) is 0 Å². The Labute approximate surface area is 104 Å². The van der Waals surface area contributed by atoms with Crippen LogP contribution in [0, 0.1) is 5.92 Å². The molecule has 0 aromatic heterocycles. The van der Waals surface area contributed by atoms with Crippen molar-refractivity contribution in [3.05, 3.63) is 23.8 Å². The number of ether oxygens (including phenoxy) is 2. The summed E-state index contributed by atoms with van der Waals surface area (Å²) in [5, 5.41) is 0. The molecule has 5 heteroatoms. The molecule has 1 aromatic carbocycles. The Morgan fingerprint density at radius 2 is 1.83 bits per heavy atom. The fourth-order valence-corrected chi connectivity index (χ4v) is 2.76. The van der Waals surface area contributed by atoms with Crippen molar-refractivity contribution >= 4 is 0 Å². The van der Waals surface area contributed by atoms with Gasteiger partial charge in [-0.1, -0.05) is 18.9 Å². The topological polar surface area (TPSA) is 44.5 Å². The smallest absolute Gasteiger partial charge is 0.395 e. The summed E-state index contributed by atoms with van der Waals surface area (Å²) >= 11 is 0. The predicted molar refractivity (Wildman–Crippen MR) is 61.5 cm³/mol. The average molecular weight is 255 g/mol. The minimum atomic E-state index is -3.56. The highest BCUT2D eigenvalue weighted by Crippen LogP contribution is 2.43. The van der Waals surface area contributed by atoms with Gasteiger partial charge in [0.15, 0.2) is 11.5 Å². The molecule has 98 valence electrons. The van der Waals surface area contributed by atoms with Crippen LogP contribution in [-0.2, 0) is 0 Å². The first-order valence-electron chi connectivity index (χ1n) is 6.20. The van der Waals surface area contributed by atoms with Gasteiger partial charge in [-0.25, -0.2) is 0 Å². The fraction of sp³-hybridized carbons (Fsp3) is 0.538. The molecular weight excluding hydrogens is 240 g/mol. The van der Waals surface area contributed by atoms with Gasteiger partial charge in [-0.15, -0.1) is 8.78 Å². The highest BCUT2D eigenvalue weighted by Gasteiger charge is 2.43. The molecule has 0 amide bonds. The normalized spacial score (nSPS) is 23.3. The number of rotatable bonds is 2. The van der Waals surface area contributed by atoms with Crippen molar-refractivity contribution in [1.82, 2.24) is 0 Å². The summed E-state index contributed by atoms with van der Waals surface area (Å²) in [4.78, 5) is 0. The van der Waals surface area contributed by atoms with Gasteiger partial charge in [0, 0.05) is 6.04 Å². The van der Waals surface area contributed by atoms with E-state index in [1.54, 1.807) is 12.1 Å². The molecule has 3 rings (SSSR count). The van der Waals surface area contributed by atoms with Crippen molar-refractivity contribution in [2.75, 3.05) is 0 Å². The van der Waals surface area contributed by atoms with Crippen LogP contribution in [0.1, 0.15) is 37.3 Å². The lowest BCUT2D eigenvalue weighted by atomic mass is 9.92. The molecule has 18 heavy (non-hydrogen) atoms. The first kappa shape index (κ1) is 11.7. The van der Waals surface area contributed by atoms with Crippen molar-refractivity contribution in [1.29, 1.82) is 0 Å². The van der Waals surface area contributed by atoms with E-state index in [9.17, 15) is 8.78 Å². The lowest BCUT2D eigenvalue weighted by molar-refractivity contribution is -0.286. The second-order valence-corrected chi connectivity index (χ2v) is 4.94. The van der Waals surface area contributed by atoms with E-state index < -0.39 is 6.29 Å². The zero-order valence-corrected chi connectivity index (χ0v) is 9.86. The lowest BCUT2D eigenvalue weighted by Gasteiger charge is -2.19. The SMILES string of the molecule is N[C@@H](c1ccc2c(c1)OC(F)(F)O2)C1CCCC1. The van der Waals surface area contributed by atoms with Crippen LogP contribution in [0.5, 0.6) is 11.5 Å². The van der Waals surface area contributed by atoms with Crippen LogP contribution in [0.25, 0.3) is 0 Å².